The van der Waals surface area contributed by atoms with Gasteiger partial charge in [-0.05, 0) is 31.7 Å². The van der Waals surface area contributed by atoms with Gasteiger partial charge in [0.2, 0.25) is 0 Å². The number of fused-ring (bicyclic) bond motifs is 1. The molecule has 1 radical (unpaired) electrons. The Hall–Kier alpha value is -0.610. The van der Waals surface area contributed by atoms with E-state index in [1.807, 2.05) is 0 Å². The highest BCUT2D eigenvalue weighted by Crippen LogP contribution is 2.32. The quantitative estimate of drug-likeness (QED) is 0.495. The molecule has 1 heterocycles. The number of allylic oxidation sites excluding steroid dienone is 1. The van der Waals surface area contributed by atoms with Crippen molar-refractivity contribution in [2.75, 3.05) is 0 Å². The van der Waals surface area contributed by atoms with E-state index in [4.69, 9.17) is 0 Å². The van der Waals surface area contributed by atoms with Crippen molar-refractivity contribution in [1.82, 2.24) is 0 Å². The molecule has 1 aromatic rings. The van der Waals surface area contributed by atoms with Crippen molar-refractivity contribution in [1.29, 1.82) is 0 Å². The molecule has 0 nitrogen and oxygen atoms in total. The van der Waals surface area contributed by atoms with Crippen LogP contribution in [0.4, 0.5) is 0 Å². The minimum atomic E-state index is 1.38. The standard InChI is InChI=1S/C9H8P/c1-7-6-8-4-2-3-5-9(8)10-7/h2-6H,1H3. The maximum atomic E-state index is 2.25. The third kappa shape index (κ3) is 0.892. The van der Waals surface area contributed by atoms with Crippen molar-refractivity contribution >= 4 is 20.0 Å². The highest BCUT2D eigenvalue weighted by molar-refractivity contribution is 7.52. The molecule has 2 rings (SSSR count). The van der Waals surface area contributed by atoms with Crippen LogP contribution in [0.2, 0.25) is 0 Å². The molecule has 0 aliphatic carbocycles. The first kappa shape index (κ1) is 6.12. The van der Waals surface area contributed by atoms with Crippen LogP contribution in [0.3, 0.4) is 0 Å². The zero-order chi connectivity index (χ0) is 6.97. The zero-order valence-electron chi connectivity index (χ0n) is 5.83. The minimum Gasteiger partial charge on any atom is -0.0616 e. The van der Waals surface area contributed by atoms with Crippen LogP contribution in [0.15, 0.2) is 29.6 Å². The molecule has 0 spiro atoms. The molecule has 1 aliphatic heterocycles. The monoisotopic (exact) mass is 147 g/mol. The van der Waals surface area contributed by atoms with E-state index >= 15 is 0 Å². The molecule has 1 aromatic carbocycles. The van der Waals surface area contributed by atoms with Gasteiger partial charge in [0.1, 0.15) is 0 Å². The summed E-state index contributed by atoms with van der Waals surface area (Å²) in [7, 11) is 1.38. The first-order chi connectivity index (χ1) is 4.86. The Labute approximate surface area is 62.7 Å². The SMILES string of the molecule is CC1=Cc2ccccc2[P]1. The summed E-state index contributed by atoms with van der Waals surface area (Å²) in [5.74, 6) is 0. The van der Waals surface area contributed by atoms with Gasteiger partial charge in [0.25, 0.3) is 0 Å². The van der Waals surface area contributed by atoms with Crippen molar-refractivity contribution < 1.29 is 0 Å². The van der Waals surface area contributed by atoms with Gasteiger partial charge in [-0.2, -0.15) is 0 Å². The molecule has 0 unspecified atom stereocenters. The second-order valence-electron chi connectivity index (χ2n) is 2.46. The summed E-state index contributed by atoms with van der Waals surface area (Å²) in [6.07, 6.45) is 2.25. The summed E-state index contributed by atoms with van der Waals surface area (Å²) >= 11 is 0. The smallest absolute Gasteiger partial charge is 0.00770 e. The normalized spacial score (nSPS) is 17.1. The lowest BCUT2D eigenvalue weighted by Gasteiger charge is -1.92. The third-order valence-corrected chi connectivity index (χ3v) is 2.73. The summed E-state index contributed by atoms with van der Waals surface area (Å²) in [6.45, 7) is 2.17. The summed E-state index contributed by atoms with van der Waals surface area (Å²) in [5.41, 5.74) is 1.39. The van der Waals surface area contributed by atoms with Crippen LogP contribution in [0, 0.1) is 0 Å². The molecule has 0 bridgehead atoms. The number of hydrogen-bond acceptors (Lipinski definition) is 0. The van der Waals surface area contributed by atoms with E-state index in [2.05, 4.69) is 37.3 Å². The van der Waals surface area contributed by atoms with Gasteiger partial charge < -0.3 is 0 Å². The maximum Gasteiger partial charge on any atom is -0.00770 e. The molecular formula is C9H8P. The largest absolute Gasteiger partial charge is 0.0616 e. The maximum absolute atomic E-state index is 2.25. The Morgan fingerprint density at radius 3 is 2.80 bits per heavy atom. The Balaban J connectivity index is 2.54. The first-order valence-electron chi connectivity index (χ1n) is 3.35. The van der Waals surface area contributed by atoms with Crippen molar-refractivity contribution in [3.63, 3.8) is 0 Å². The van der Waals surface area contributed by atoms with E-state index in [0.717, 1.165) is 0 Å². The van der Waals surface area contributed by atoms with Gasteiger partial charge in [0, 0.05) is 0 Å². The number of rotatable bonds is 0. The van der Waals surface area contributed by atoms with Crippen molar-refractivity contribution in [3.8, 4) is 0 Å². The van der Waals surface area contributed by atoms with Crippen molar-refractivity contribution in [2.45, 2.75) is 6.92 Å². The highest BCUT2D eigenvalue weighted by Gasteiger charge is 2.07. The molecule has 0 amide bonds. The van der Waals surface area contributed by atoms with Gasteiger partial charge in [-0.15, -0.1) is 0 Å². The van der Waals surface area contributed by atoms with Crippen molar-refractivity contribution in [3.05, 3.63) is 35.1 Å². The average molecular weight is 147 g/mol. The topological polar surface area (TPSA) is 0 Å². The van der Waals surface area contributed by atoms with Gasteiger partial charge >= 0.3 is 0 Å². The molecule has 1 aliphatic rings. The van der Waals surface area contributed by atoms with Crippen LogP contribution < -0.4 is 5.30 Å². The average Bonchev–Trinajstić information content (AvgIpc) is 2.27. The molecule has 0 N–H and O–H groups in total. The fourth-order valence-corrected chi connectivity index (χ4v) is 2.17. The van der Waals surface area contributed by atoms with Crippen LogP contribution in [-0.2, 0) is 0 Å². The van der Waals surface area contributed by atoms with Crippen LogP contribution >= 0.6 is 8.58 Å². The molecular weight excluding hydrogens is 139 g/mol. The Bertz CT molecular complexity index is 287. The molecule has 0 aromatic heterocycles. The van der Waals surface area contributed by atoms with Gasteiger partial charge in [0.15, 0.2) is 0 Å². The first-order valence-corrected chi connectivity index (χ1v) is 4.25. The lowest BCUT2D eigenvalue weighted by molar-refractivity contribution is 1.71. The zero-order valence-corrected chi connectivity index (χ0v) is 6.73. The molecule has 49 valence electrons. The molecule has 1 heteroatoms. The van der Waals surface area contributed by atoms with E-state index in [1.54, 1.807) is 0 Å². The molecule has 10 heavy (non-hydrogen) atoms. The Kier molecular flexibility index (Phi) is 1.35. The van der Waals surface area contributed by atoms with Crippen molar-refractivity contribution in [2.24, 2.45) is 0 Å². The fraction of sp³-hybridized carbons (Fsp3) is 0.111. The van der Waals surface area contributed by atoms with Crippen LogP contribution in [-0.4, -0.2) is 0 Å². The second-order valence-corrected chi connectivity index (χ2v) is 3.87. The van der Waals surface area contributed by atoms with Gasteiger partial charge in [-0.3, -0.25) is 0 Å². The molecule has 0 fully saturated rings. The Morgan fingerprint density at radius 1 is 1.20 bits per heavy atom. The fourth-order valence-electron chi connectivity index (χ4n) is 1.16. The molecule has 0 saturated heterocycles. The summed E-state index contributed by atoms with van der Waals surface area (Å²) in [4.78, 5) is 0. The van der Waals surface area contributed by atoms with Crippen LogP contribution in [0.5, 0.6) is 0 Å². The summed E-state index contributed by atoms with van der Waals surface area (Å²) in [6, 6.07) is 8.53. The summed E-state index contributed by atoms with van der Waals surface area (Å²) in [5, 5.41) is 2.89. The third-order valence-electron chi connectivity index (χ3n) is 1.60. The lowest BCUT2D eigenvalue weighted by Crippen LogP contribution is -1.92. The van der Waals surface area contributed by atoms with Gasteiger partial charge in [-0.25, -0.2) is 0 Å². The predicted molar refractivity (Wildman–Crippen MR) is 46.6 cm³/mol. The minimum absolute atomic E-state index is 1.38. The lowest BCUT2D eigenvalue weighted by atomic mass is 10.2. The second kappa shape index (κ2) is 2.21. The highest BCUT2D eigenvalue weighted by atomic mass is 31.1. The predicted octanol–water partition coefficient (Wildman–Crippen LogP) is 2.63. The van der Waals surface area contributed by atoms with E-state index < -0.39 is 0 Å². The Morgan fingerprint density at radius 2 is 2.00 bits per heavy atom. The van der Waals surface area contributed by atoms with E-state index in [0.29, 0.717) is 0 Å². The van der Waals surface area contributed by atoms with Crippen LogP contribution in [0.1, 0.15) is 12.5 Å². The number of benzene rings is 1. The van der Waals surface area contributed by atoms with Gasteiger partial charge in [0.05, 0.1) is 0 Å². The van der Waals surface area contributed by atoms with E-state index in [9.17, 15) is 0 Å². The van der Waals surface area contributed by atoms with Gasteiger partial charge in [-0.1, -0.05) is 30.3 Å². The molecule has 0 atom stereocenters. The van der Waals surface area contributed by atoms with E-state index in [-0.39, 0.29) is 0 Å². The molecule has 0 saturated carbocycles. The van der Waals surface area contributed by atoms with E-state index in [1.165, 1.54) is 24.8 Å². The van der Waals surface area contributed by atoms with Crippen LogP contribution in [0.25, 0.3) is 6.08 Å². The summed E-state index contributed by atoms with van der Waals surface area (Å²) < 4.78 is 0. The number of hydrogen-bond donors (Lipinski definition) is 0.